The Bertz CT molecular complexity index is 334. The molecule has 1 aliphatic rings. The third-order valence-electron chi connectivity index (χ3n) is 2.73. The molecule has 0 heterocycles. The zero-order valence-corrected chi connectivity index (χ0v) is 9.75. The molecule has 2 unspecified atom stereocenters. The van der Waals surface area contributed by atoms with Crippen molar-refractivity contribution in [2.75, 3.05) is 0 Å². The van der Waals surface area contributed by atoms with Crippen LogP contribution in [0.1, 0.15) is 33.1 Å². The van der Waals surface area contributed by atoms with Gasteiger partial charge in [-0.15, -0.1) is 0 Å². The van der Waals surface area contributed by atoms with Crippen molar-refractivity contribution in [1.29, 1.82) is 0 Å². The first-order chi connectivity index (χ1) is 6.88. The molecule has 88 valence electrons. The lowest BCUT2D eigenvalue weighted by molar-refractivity contribution is -0.140. The largest absolute Gasteiger partial charge is 0.480 e. The van der Waals surface area contributed by atoms with Crippen molar-refractivity contribution in [3.05, 3.63) is 0 Å². The standard InChI is InChI=1S/C9H17NO4S/c1-3-6(2)8(9(11)12)10-15(13,14)7-4-5-7/h6-8,10H,3-5H2,1-2H3,(H,11,12). The Morgan fingerprint density at radius 2 is 2.07 bits per heavy atom. The molecule has 0 radical (unpaired) electrons. The van der Waals surface area contributed by atoms with Crippen LogP contribution in [0.15, 0.2) is 0 Å². The molecule has 6 heteroatoms. The zero-order valence-electron chi connectivity index (χ0n) is 8.93. The molecule has 2 N–H and O–H groups in total. The number of sulfonamides is 1. The molecule has 0 amide bonds. The first kappa shape index (κ1) is 12.4. The maximum absolute atomic E-state index is 11.6. The van der Waals surface area contributed by atoms with Crippen molar-refractivity contribution in [2.24, 2.45) is 5.92 Å². The average molecular weight is 235 g/mol. The minimum absolute atomic E-state index is 0.198. The van der Waals surface area contributed by atoms with Crippen LogP contribution in [-0.4, -0.2) is 30.8 Å². The minimum Gasteiger partial charge on any atom is -0.480 e. The van der Waals surface area contributed by atoms with Gasteiger partial charge in [0, 0.05) is 0 Å². The number of rotatable bonds is 6. The Hall–Kier alpha value is -0.620. The molecule has 1 aliphatic carbocycles. The Labute approximate surface area is 89.9 Å². The first-order valence-corrected chi connectivity index (χ1v) is 6.67. The molecular formula is C9H17NO4S. The van der Waals surface area contributed by atoms with Gasteiger partial charge in [0.25, 0.3) is 0 Å². The van der Waals surface area contributed by atoms with E-state index in [1.165, 1.54) is 0 Å². The molecule has 0 saturated heterocycles. The van der Waals surface area contributed by atoms with Crippen molar-refractivity contribution < 1.29 is 18.3 Å². The summed E-state index contributed by atoms with van der Waals surface area (Å²) in [5.74, 6) is -1.30. The predicted octanol–water partition coefficient (Wildman–Crippen LogP) is 0.567. The van der Waals surface area contributed by atoms with Crippen molar-refractivity contribution in [3.63, 3.8) is 0 Å². The van der Waals surface area contributed by atoms with Gasteiger partial charge >= 0.3 is 5.97 Å². The molecule has 0 bridgehead atoms. The lowest BCUT2D eigenvalue weighted by atomic mass is 10.0. The van der Waals surface area contributed by atoms with Crippen molar-refractivity contribution >= 4 is 16.0 Å². The number of aliphatic carboxylic acids is 1. The van der Waals surface area contributed by atoms with Gasteiger partial charge in [-0.2, -0.15) is 0 Å². The Morgan fingerprint density at radius 1 is 1.53 bits per heavy atom. The molecule has 0 aliphatic heterocycles. The van der Waals surface area contributed by atoms with Gasteiger partial charge in [-0.1, -0.05) is 20.3 Å². The SMILES string of the molecule is CCC(C)C(NS(=O)(=O)C1CC1)C(=O)O. The van der Waals surface area contributed by atoms with E-state index in [2.05, 4.69) is 4.72 Å². The highest BCUT2D eigenvalue weighted by Gasteiger charge is 2.39. The van der Waals surface area contributed by atoms with Crippen LogP contribution in [0.5, 0.6) is 0 Å². The topological polar surface area (TPSA) is 83.5 Å². The number of hydrogen-bond donors (Lipinski definition) is 2. The van der Waals surface area contributed by atoms with Crippen LogP contribution in [0.2, 0.25) is 0 Å². The highest BCUT2D eigenvalue weighted by atomic mass is 32.2. The van der Waals surface area contributed by atoms with Crippen LogP contribution in [-0.2, 0) is 14.8 Å². The highest BCUT2D eigenvalue weighted by Crippen LogP contribution is 2.28. The molecule has 0 aromatic heterocycles. The molecule has 15 heavy (non-hydrogen) atoms. The van der Waals surface area contributed by atoms with E-state index in [4.69, 9.17) is 5.11 Å². The summed E-state index contributed by atoms with van der Waals surface area (Å²) < 4.78 is 25.4. The summed E-state index contributed by atoms with van der Waals surface area (Å²) in [4.78, 5) is 10.9. The summed E-state index contributed by atoms with van der Waals surface area (Å²) in [7, 11) is -3.42. The number of nitrogens with one attached hydrogen (secondary N) is 1. The molecule has 1 fully saturated rings. The summed E-state index contributed by atoms with van der Waals surface area (Å²) in [5, 5.41) is 8.54. The maximum Gasteiger partial charge on any atom is 0.322 e. The molecule has 0 spiro atoms. The van der Waals surface area contributed by atoms with Gasteiger partial charge in [0.2, 0.25) is 10.0 Å². The van der Waals surface area contributed by atoms with Gasteiger partial charge in [-0.3, -0.25) is 4.79 Å². The summed E-state index contributed by atoms with van der Waals surface area (Å²) in [6.07, 6.45) is 1.91. The Balaban J connectivity index is 2.70. The Kier molecular flexibility index (Phi) is 3.72. The van der Waals surface area contributed by atoms with Crippen LogP contribution in [0.25, 0.3) is 0 Å². The zero-order chi connectivity index (χ0) is 11.6. The monoisotopic (exact) mass is 235 g/mol. The molecule has 5 nitrogen and oxygen atoms in total. The van der Waals surface area contributed by atoms with E-state index in [1.54, 1.807) is 6.92 Å². The van der Waals surface area contributed by atoms with E-state index in [1.807, 2.05) is 6.92 Å². The Morgan fingerprint density at radius 3 is 2.40 bits per heavy atom. The minimum atomic E-state index is -3.42. The second-order valence-electron chi connectivity index (χ2n) is 4.06. The quantitative estimate of drug-likeness (QED) is 0.705. The van der Waals surface area contributed by atoms with E-state index < -0.39 is 22.0 Å². The molecular weight excluding hydrogens is 218 g/mol. The summed E-state index contributed by atoms with van der Waals surface area (Å²) in [5.41, 5.74) is 0. The van der Waals surface area contributed by atoms with Crippen LogP contribution >= 0.6 is 0 Å². The third kappa shape index (κ3) is 3.17. The van der Waals surface area contributed by atoms with Crippen LogP contribution in [0.4, 0.5) is 0 Å². The predicted molar refractivity (Wildman–Crippen MR) is 56.0 cm³/mol. The van der Waals surface area contributed by atoms with E-state index in [-0.39, 0.29) is 11.2 Å². The molecule has 0 aromatic rings. The summed E-state index contributed by atoms with van der Waals surface area (Å²) >= 11 is 0. The second-order valence-corrected chi connectivity index (χ2v) is 6.06. The van der Waals surface area contributed by atoms with Crippen molar-refractivity contribution in [3.8, 4) is 0 Å². The van der Waals surface area contributed by atoms with Crippen molar-refractivity contribution in [1.82, 2.24) is 4.72 Å². The van der Waals surface area contributed by atoms with Gasteiger partial charge in [0.15, 0.2) is 0 Å². The fourth-order valence-electron chi connectivity index (χ4n) is 1.30. The average Bonchev–Trinajstić information content (AvgIpc) is 2.95. The summed E-state index contributed by atoms with van der Waals surface area (Å²) in [6.45, 7) is 3.57. The maximum atomic E-state index is 11.6. The van der Waals surface area contributed by atoms with Crippen LogP contribution in [0, 0.1) is 5.92 Å². The van der Waals surface area contributed by atoms with Gasteiger partial charge in [0.05, 0.1) is 5.25 Å². The first-order valence-electron chi connectivity index (χ1n) is 5.12. The van der Waals surface area contributed by atoms with Crippen molar-refractivity contribution in [2.45, 2.75) is 44.4 Å². The summed E-state index contributed by atoms with van der Waals surface area (Å²) in [6, 6.07) is -0.999. The van der Waals surface area contributed by atoms with Gasteiger partial charge in [0.1, 0.15) is 6.04 Å². The lowest BCUT2D eigenvalue weighted by Crippen LogP contribution is -2.46. The van der Waals surface area contributed by atoms with E-state index in [9.17, 15) is 13.2 Å². The van der Waals surface area contributed by atoms with Gasteiger partial charge < -0.3 is 5.11 Å². The molecule has 2 atom stereocenters. The number of carboxylic acid groups (broad SMARTS) is 1. The normalized spacial score (nSPS) is 20.9. The van der Waals surface area contributed by atoms with Crippen LogP contribution in [0.3, 0.4) is 0 Å². The highest BCUT2D eigenvalue weighted by molar-refractivity contribution is 7.90. The number of carbonyl (C=O) groups is 1. The number of hydrogen-bond acceptors (Lipinski definition) is 3. The van der Waals surface area contributed by atoms with Gasteiger partial charge in [-0.25, -0.2) is 13.1 Å². The van der Waals surface area contributed by atoms with Crippen LogP contribution < -0.4 is 4.72 Å². The van der Waals surface area contributed by atoms with E-state index in [0.717, 1.165) is 0 Å². The fraction of sp³-hybridized carbons (Fsp3) is 0.889. The van der Waals surface area contributed by atoms with E-state index >= 15 is 0 Å². The molecule has 1 rings (SSSR count). The third-order valence-corrected chi connectivity index (χ3v) is 4.67. The molecule has 0 aromatic carbocycles. The molecule has 1 saturated carbocycles. The smallest absolute Gasteiger partial charge is 0.322 e. The van der Waals surface area contributed by atoms with E-state index in [0.29, 0.717) is 19.3 Å². The number of carboxylic acids is 1. The second kappa shape index (κ2) is 4.49. The lowest BCUT2D eigenvalue weighted by Gasteiger charge is -2.19. The fourth-order valence-corrected chi connectivity index (χ4v) is 2.93. The van der Waals surface area contributed by atoms with Gasteiger partial charge in [-0.05, 0) is 18.8 Å².